The molecule has 3 aliphatic carbocycles. The van der Waals surface area contributed by atoms with Gasteiger partial charge < -0.3 is 5.73 Å². The molecule has 0 spiro atoms. The molecule has 0 saturated carbocycles. The lowest BCUT2D eigenvalue weighted by molar-refractivity contribution is 0.711. The molecule has 0 aliphatic heterocycles. The largest absolute Gasteiger partial charge is 0.398 e. The molecule has 3 aliphatic rings. The summed E-state index contributed by atoms with van der Waals surface area (Å²) in [7, 11) is 0. The van der Waals surface area contributed by atoms with E-state index in [-0.39, 0.29) is 0 Å². The van der Waals surface area contributed by atoms with Gasteiger partial charge in [-0.05, 0) is 28.3 Å². The van der Waals surface area contributed by atoms with Crippen LogP contribution in [0.3, 0.4) is 0 Å². The van der Waals surface area contributed by atoms with Crippen LogP contribution in [0.15, 0.2) is 65.9 Å². The molecule has 2 N–H and O–H groups in total. The zero-order chi connectivity index (χ0) is 11.4. The predicted molar refractivity (Wildman–Crippen MR) is 70.1 cm³/mol. The van der Waals surface area contributed by atoms with Crippen LogP contribution in [0.2, 0.25) is 0 Å². The maximum atomic E-state index is 6.09. The van der Waals surface area contributed by atoms with Crippen molar-refractivity contribution in [2.45, 2.75) is 5.92 Å². The zero-order valence-electron chi connectivity index (χ0n) is 9.43. The Labute approximate surface area is 101 Å². The van der Waals surface area contributed by atoms with Crippen LogP contribution >= 0.6 is 0 Å². The van der Waals surface area contributed by atoms with Crippen molar-refractivity contribution in [3.63, 3.8) is 0 Å². The molecule has 4 rings (SSSR count). The number of rotatable bonds is 0. The fourth-order valence-electron chi connectivity index (χ4n) is 3.30. The number of hydrogen-bond acceptors (Lipinski definition) is 1. The van der Waals surface area contributed by atoms with Crippen LogP contribution in [0.1, 0.15) is 17.0 Å². The Bertz CT molecular complexity index is 629. The molecule has 1 aromatic rings. The standard InChI is InChI=1S/C16H13N/c17-15-9-8-13-11-5-2-1-4-10(11)12-6-3-7-14(15)16(12)13/h1-9,13,16H,17H2. The second-order valence-electron chi connectivity index (χ2n) is 4.84. The molecule has 1 nitrogen and oxygen atoms in total. The maximum absolute atomic E-state index is 6.09. The van der Waals surface area contributed by atoms with Crippen LogP contribution in [0.25, 0.3) is 5.57 Å². The van der Waals surface area contributed by atoms with Crippen LogP contribution in [-0.2, 0) is 0 Å². The monoisotopic (exact) mass is 219 g/mol. The highest BCUT2D eigenvalue weighted by molar-refractivity contribution is 5.83. The normalized spacial score (nSPS) is 27.9. The Morgan fingerprint density at radius 3 is 2.88 bits per heavy atom. The molecule has 1 heteroatoms. The van der Waals surface area contributed by atoms with E-state index in [0.717, 1.165) is 5.70 Å². The van der Waals surface area contributed by atoms with Gasteiger partial charge in [-0.3, -0.25) is 0 Å². The van der Waals surface area contributed by atoms with E-state index in [2.05, 4.69) is 54.6 Å². The van der Waals surface area contributed by atoms with Crippen molar-refractivity contribution in [2.75, 3.05) is 0 Å². The fourth-order valence-corrected chi connectivity index (χ4v) is 3.30. The summed E-state index contributed by atoms with van der Waals surface area (Å²) in [6.07, 6.45) is 10.8. The quantitative estimate of drug-likeness (QED) is 0.712. The highest BCUT2D eigenvalue weighted by atomic mass is 14.6. The smallest absolute Gasteiger partial charge is 0.0350 e. The summed E-state index contributed by atoms with van der Waals surface area (Å²) in [6, 6.07) is 8.70. The van der Waals surface area contributed by atoms with Crippen LogP contribution in [0.4, 0.5) is 0 Å². The van der Waals surface area contributed by atoms with E-state index in [4.69, 9.17) is 5.73 Å². The zero-order valence-corrected chi connectivity index (χ0v) is 9.43. The van der Waals surface area contributed by atoms with Crippen LogP contribution in [0, 0.1) is 5.92 Å². The first-order chi connectivity index (χ1) is 8.36. The summed E-state index contributed by atoms with van der Waals surface area (Å²) in [6.45, 7) is 0. The van der Waals surface area contributed by atoms with Crippen LogP contribution in [0.5, 0.6) is 0 Å². The lowest BCUT2D eigenvalue weighted by Gasteiger charge is -2.27. The summed E-state index contributed by atoms with van der Waals surface area (Å²) in [5.74, 6) is 0.923. The molecule has 0 saturated heterocycles. The first kappa shape index (κ1) is 9.06. The third-order valence-electron chi connectivity index (χ3n) is 4.03. The lowest BCUT2D eigenvalue weighted by Crippen LogP contribution is -2.17. The number of nitrogens with two attached hydrogens (primary N) is 1. The fraction of sp³-hybridized carbons (Fsp3) is 0.125. The number of hydrogen-bond donors (Lipinski definition) is 1. The Morgan fingerprint density at radius 1 is 1.06 bits per heavy atom. The molecule has 2 atom stereocenters. The van der Waals surface area contributed by atoms with Crippen LogP contribution in [-0.4, -0.2) is 0 Å². The van der Waals surface area contributed by atoms with Gasteiger partial charge in [0.1, 0.15) is 0 Å². The third-order valence-corrected chi connectivity index (χ3v) is 4.03. The molecular formula is C16H13N. The van der Waals surface area contributed by atoms with Gasteiger partial charge in [0.15, 0.2) is 0 Å². The van der Waals surface area contributed by atoms with Gasteiger partial charge in [0.2, 0.25) is 0 Å². The van der Waals surface area contributed by atoms with Crippen LogP contribution < -0.4 is 5.73 Å². The predicted octanol–water partition coefficient (Wildman–Crippen LogP) is 3.14. The molecule has 0 amide bonds. The Hall–Kier alpha value is -2.02. The molecule has 17 heavy (non-hydrogen) atoms. The average molecular weight is 219 g/mol. The highest BCUT2D eigenvalue weighted by Gasteiger charge is 2.39. The van der Waals surface area contributed by atoms with Gasteiger partial charge in [0.25, 0.3) is 0 Å². The van der Waals surface area contributed by atoms with Gasteiger partial charge in [-0.1, -0.05) is 48.6 Å². The second-order valence-corrected chi connectivity index (χ2v) is 4.84. The van der Waals surface area contributed by atoms with Crippen molar-refractivity contribution < 1.29 is 0 Å². The van der Waals surface area contributed by atoms with E-state index in [1.54, 1.807) is 0 Å². The van der Waals surface area contributed by atoms with Gasteiger partial charge in [0.05, 0.1) is 0 Å². The lowest BCUT2D eigenvalue weighted by atomic mass is 9.77. The third kappa shape index (κ3) is 1.04. The molecule has 2 unspecified atom stereocenters. The minimum absolute atomic E-state index is 0.447. The van der Waals surface area contributed by atoms with E-state index in [1.165, 1.54) is 22.3 Å². The van der Waals surface area contributed by atoms with Crippen molar-refractivity contribution in [3.05, 3.63) is 77.0 Å². The number of benzene rings is 1. The number of fused-ring (bicyclic) bond motifs is 3. The molecular weight excluding hydrogens is 206 g/mol. The minimum Gasteiger partial charge on any atom is -0.398 e. The van der Waals surface area contributed by atoms with Gasteiger partial charge in [-0.25, -0.2) is 0 Å². The maximum Gasteiger partial charge on any atom is 0.0350 e. The summed E-state index contributed by atoms with van der Waals surface area (Å²) in [4.78, 5) is 0. The van der Waals surface area contributed by atoms with Gasteiger partial charge in [0, 0.05) is 17.5 Å². The SMILES string of the molecule is NC1=C2C=CC=C3c4ccccc4C(C=C1)C32. The minimum atomic E-state index is 0.447. The van der Waals surface area contributed by atoms with Crippen molar-refractivity contribution in [2.24, 2.45) is 11.7 Å². The van der Waals surface area contributed by atoms with E-state index < -0.39 is 0 Å². The molecule has 82 valence electrons. The van der Waals surface area contributed by atoms with E-state index in [0.29, 0.717) is 11.8 Å². The second kappa shape index (κ2) is 3.01. The Kier molecular flexibility index (Phi) is 1.60. The summed E-state index contributed by atoms with van der Waals surface area (Å²) >= 11 is 0. The van der Waals surface area contributed by atoms with Gasteiger partial charge in [-0.15, -0.1) is 0 Å². The van der Waals surface area contributed by atoms with Crippen molar-refractivity contribution in [1.82, 2.24) is 0 Å². The van der Waals surface area contributed by atoms with Gasteiger partial charge in [-0.2, -0.15) is 0 Å². The Balaban J connectivity index is 2.04. The van der Waals surface area contributed by atoms with Gasteiger partial charge >= 0.3 is 0 Å². The average Bonchev–Trinajstić information content (AvgIpc) is 2.70. The van der Waals surface area contributed by atoms with E-state index >= 15 is 0 Å². The molecule has 0 heterocycles. The number of allylic oxidation sites excluding steroid dienone is 7. The topological polar surface area (TPSA) is 26.0 Å². The van der Waals surface area contributed by atoms with Crippen molar-refractivity contribution in [1.29, 1.82) is 0 Å². The molecule has 0 radical (unpaired) electrons. The van der Waals surface area contributed by atoms with E-state index in [1.807, 2.05) is 0 Å². The summed E-state index contributed by atoms with van der Waals surface area (Å²) in [5.41, 5.74) is 12.5. The summed E-state index contributed by atoms with van der Waals surface area (Å²) < 4.78 is 0. The van der Waals surface area contributed by atoms with Crippen molar-refractivity contribution in [3.8, 4) is 0 Å². The Morgan fingerprint density at radius 2 is 1.94 bits per heavy atom. The van der Waals surface area contributed by atoms with Crippen molar-refractivity contribution >= 4 is 5.57 Å². The molecule has 0 fully saturated rings. The molecule has 1 aromatic carbocycles. The summed E-state index contributed by atoms with van der Waals surface area (Å²) in [5, 5.41) is 0. The molecule has 0 bridgehead atoms. The first-order valence-corrected chi connectivity index (χ1v) is 6.01. The first-order valence-electron chi connectivity index (χ1n) is 6.01. The molecule has 0 aromatic heterocycles. The highest BCUT2D eigenvalue weighted by Crippen LogP contribution is 2.53. The van der Waals surface area contributed by atoms with E-state index in [9.17, 15) is 0 Å².